The van der Waals surface area contributed by atoms with Gasteiger partial charge in [0.15, 0.2) is 0 Å². The largest absolute Gasteiger partial charge is 0.501 e. The number of anilines is 2. The number of hydrogen-bond donors (Lipinski definition) is 2. The van der Waals surface area contributed by atoms with Gasteiger partial charge < -0.3 is 15.1 Å². The molecule has 8 nitrogen and oxygen atoms in total. The monoisotopic (exact) mass is 923 g/mol. The molecular formula is C46H62F5N5O3S3. The predicted octanol–water partition coefficient (Wildman–Crippen LogP) is 11.2. The molecule has 5 rings (SSSR count). The number of carbonyl (C=O) groups excluding carboxylic acids is 1. The van der Waals surface area contributed by atoms with Crippen molar-refractivity contribution in [3.63, 3.8) is 0 Å². The van der Waals surface area contributed by atoms with E-state index in [1.54, 1.807) is 18.2 Å². The second-order valence-corrected chi connectivity index (χ2v) is 20.6. The highest BCUT2D eigenvalue weighted by Crippen LogP contribution is 2.41. The number of allylic oxidation sites excluding steroid dienone is 2. The first kappa shape index (κ1) is 51.1. The number of amides is 1. The highest BCUT2D eigenvalue weighted by atomic mass is 32.2. The lowest BCUT2D eigenvalue weighted by Crippen LogP contribution is -2.47. The van der Waals surface area contributed by atoms with Crippen LogP contribution in [-0.4, -0.2) is 101 Å². The van der Waals surface area contributed by atoms with E-state index in [4.69, 9.17) is 0 Å². The van der Waals surface area contributed by atoms with Gasteiger partial charge in [0.25, 0.3) is 15.7 Å². The maximum atomic E-state index is 14.0. The Morgan fingerprint density at radius 3 is 2.23 bits per heavy atom. The third-order valence-corrected chi connectivity index (χ3v) is 14.2. The molecule has 2 N–H and O–H groups in total. The minimum atomic E-state index is -5.74. The topological polar surface area (TPSA) is 85.0 Å². The summed E-state index contributed by atoms with van der Waals surface area (Å²) in [6.45, 7) is 14.5. The number of hydrogen-bond acceptors (Lipinski definition) is 9. The fraction of sp³-hybridized carbons (Fsp3) is 0.500. The van der Waals surface area contributed by atoms with Gasteiger partial charge in [0.2, 0.25) is 6.43 Å². The molecule has 3 aromatic rings. The molecule has 1 aliphatic heterocycles. The second-order valence-electron chi connectivity index (χ2n) is 16.7. The van der Waals surface area contributed by atoms with E-state index < -0.39 is 32.6 Å². The summed E-state index contributed by atoms with van der Waals surface area (Å²) in [6, 6.07) is 20.0. The molecule has 1 fully saturated rings. The number of halogens is 5. The first-order chi connectivity index (χ1) is 29.3. The molecule has 3 aromatic carbocycles. The molecule has 0 radical (unpaired) electrons. The van der Waals surface area contributed by atoms with E-state index in [9.17, 15) is 35.2 Å². The van der Waals surface area contributed by atoms with Gasteiger partial charge in [-0.3, -0.25) is 14.4 Å². The first-order valence-corrected chi connectivity index (χ1v) is 24.2. The van der Waals surface area contributed by atoms with Gasteiger partial charge in [0.05, 0.1) is 5.69 Å². The summed E-state index contributed by atoms with van der Waals surface area (Å²) in [5.74, 6) is 0.00123. The number of benzene rings is 3. The van der Waals surface area contributed by atoms with Crippen LogP contribution >= 0.6 is 23.7 Å². The number of nitrogens with zero attached hydrogens (tertiary/aromatic N) is 3. The number of carbonyl (C=O) groups is 1. The smallest absolute Gasteiger partial charge is 0.380 e. The van der Waals surface area contributed by atoms with E-state index in [1.165, 1.54) is 35.0 Å². The molecule has 1 unspecified atom stereocenters. The van der Waals surface area contributed by atoms with Gasteiger partial charge in [-0.25, -0.2) is 17.2 Å². The Balaban J connectivity index is 0.00000273. The van der Waals surface area contributed by atoms with E-state index in [0.29, 0.717) is 30.7 Å². The summed E-state index contributed by atoms with van der Waals surface area (Å²) in [5, 5.41) is 3.08. The van der Waals surface area contributed by atoms with Crippen LogP contribution in [0.25, 0.3) is 0 Å². The Bertz CT molecular complexity index is 2020. The van der Waals surface area contributed by atoms with Gasteiger partial charge in [-0.05, 0) is 138 Å². The van der Waals surface area contributed by atoms with Crippen molar-refractivity contribution in [2.24, 2.45) is 5.41 Å². The molecule has 342 valence electrons. The van der Waals surface area contributed by atoms with E-state index >= 15 is 0 Å². The molecule has 1 amide bonds. The molecule has 62 heavy (non-hydrogen) atoms. The third-order valence-electron chi connectivity index (χ3n) is 10.8. The van der Waals surface area contributed by atoms with Gasteiger partial charge >= 0.3 is 5.51 Å². The normalized spacial score (nSPS) is 16.5. The lowest BCUT2D eigenvalue weighted by atomic mass is 9.73. The van der Waals surface area contributed by atoms with Gasteiger partial charge in [-0.2, -0.15) is 13.2 Å². The number of alkyl halides is 5. The van der Waals surface area contributed by atoms with E-state index in [0.717, 1.165) is 87.0 Å². The molecule has 1 atom stereocenters. The minimum absolute atomic E-state index is 0.0619. The zero-order chi connectivity index (χ0) is 45.5. The Labute approximate surface area is 374 Å². The van der Waals surface area contributed by atoms with Crippen LogP contribution in [-0.2, 0) is 9.84 Å². The van der Waals surface area contributed by atoms with Gasteiger partial charge in [0.1, 0.15) is 4.90 Å². The summed E-state index contributed by atoms with van der Waals surface area (Å²) in [5.41, 5.74) is -1.45. The van der Waals surface area contributed by atoms with Gasteiger partial charge in [-0.15, -0.1) is 18.3 Å². The minimum Gasteiger partial charge on any atom is -0.380 e. The summed E-state index contributed by atoms with van der Waals surface area (Å²) < 4.78 is 96.0. The van der Waals surface area contributed by atoms with Crippen LogP contribution in [0.4, 0.5) is 33.3 Å². The fourth-order valence-electron chi connectivity index (χ4n) is 7.38. The van der Waals surface area contributed by atoms with Crippen molar-refractivity contribution in [3.8, 4) is 0 Å². The first-order valence-electron chi connectivity index (χ1n) is 21.0. The van der Waals surface area contributed by atoms with Crippen molar-refractivity contribution in [2.75, 3.05) is 69.3 Å². The lowest BCUT2D eigenvalue weighted by Gasteiger charge is -2.39. The van der Waals surface area contributed by atoms with Gasteiger partial charge in [0, 0.05) is 72.0 Å². The SMILES string of the molecule is C=CC.CN(C)CCC(CSc1ccccc1)Nc1ccc(SNC(=O)c2ccc(N3CCN(CC4=C(CCCC(F)F)CC(C)(C)CC4)CC3)cc2)cc1S(=O)(=O)C(F)(F)F. The zero-order valence-corrected chi connectivity index (χ0v) is 38.9. The van der Waals surface area contributed by atoms with Crippen molar-refractivity contribution in [1.82, 2.24) is 14.5 Å². The van der Waals surface area contributed by atoms with Crippen molar-refractivity contribution in [2.45, 2.75) is 98.4 Å². The molecule has 16 heteroatoms. The van der Waals surface area contributed by atoms with Crippen LogP contribution in [0.1, 0.15) is 76.1 Å². The van der Waals surface area contributed by atoms with Crippen molar-refractivity contribution < 1.29 is 35.2 Å². The molecular weight excluding hydrogens is 862 g/mol. The molecule has 1 heterocycles. The van der Waals surface area contributed by atoms with Crippen LogP contribution in [0.2, 0.25) is 0 Å². The number of thioether (sulfide) groups is 1. The number of sulfone groups is 1. The van der Waals surface area contributed by atoms with Crippen LogP contribution in [0.3, 0.4) is 0 Å². The van der Waals surface area contributed by atoms with Crippen molar-refractivity contribution in [3.05, 3.63) is 102 Å². The van der Waals surface area contributed by atoms with Crippen LogP contribution in [0, 0.1) is 5.41 Å². The molecule has 0 spiro atoms. The Morgan fingerprint density at radius 2 is 1.61 bits per heavy atom. The predicted molar refractivity (Wildman–Crippen MR) is 246 cm³/mol. The molecule has 0 saturated carbocycles. The molecule has 1 saturated heterocycles. The third kappa shape index (κ3) is 15.9. The van der Waals surface area contributed by atoms with Crippen molar-refractivity contribution >= 4 is 50.8 Å². The second kappa shape index (κ2) is 23.9. The zero-order valence-electron chi connectivity index (χ0n) is 36.4. The molecule has 2 aliphatic rings. The summed E-state index contributed by atoms with van der Waals surface area (Å²) in [4.78, 5) is 20.0. The Morgan fingerprint density at radius 1 is 0.952 bits per heavy atom. The maximum Gasteiger partial charge on any atom is 0.501 e. The van der Waals surface area contributed by atoms with Crippen LogP contribution in [0.5, 0.6) is 0 Å². The van der Waals surface area contributed by atoms with Crippen LogP contribution in [0.15, 0.2) is 111 Å². The van der Waals surface area contributed by atoms with E-state index in [2.05, 4.69) is 40.3 Å². The highest BCUT2D eigenvalue weighted by Gasteiger charge is 2.48. The average molecular weight is 924 g/mol. The Hall–Kier alpha value is -3.57. The number of rotatable bonds is 19. The maximum absolute atomic E-state index is 14.0. The summed E-state index contributed by atoms with van der Waals surface area (Å²) in [7, 11) is -1.97. The average Bonchev–Trinajstić information content (AvgIpc) is 3.22. The quantitative estimate of drug-likeness (QED) is 0.0528. The van der Waals surface area contributed by atoms with E-state index in [1.807, 2.05) is 68.4 Å². The fourth-order valence-corrected chi connectivity index (χ4v) is 10.0. The van der Waals surface area contributed by atoms with Crippen molar-refractivity contribution in [1.29, 1.82) is 0 Å². The summed E-state index contributed by atoms with van der Waals surface area (Å²) in [6.07, 6.45) is 4.27. The number of nitrogens with one attached hydrogen (secondary N) is 2. The van der Waals surface area contributed by atoms with E-state index in [-0.39, 0.29) is 28.5 Å². The van der Waals surface area contributed by atoms with Crippen LogP contribution < -0.4 is 14.9 Å². The van der Waals surface area contributed by atoms with Gasteiger partial charge in [-0.1, -0.05) is 49.3 Å². The lowest BCUT2D eigenvalue weighted by molar-refractivity contribution is -0.0435. The number of piperazine rings is 1. The Kier molecular flexibility index (Phi) is 19.7. The highest BCUT2D eigenvalue weighted by molar-refractivity contribution is 7.99. The molecule has 0 bridgehead atoms. The molecule has 0 aromatic heterocycles. The molecule has 1 aliphatic carbocycles. The standard InChI is InChI=1S/C43H56F5N5O3S3.C3H6/c1-42(2)21-19-33(32(28-42)9-8-12-40(44)45)29-52-23-25-53(26-24-52)35-15-13-31(14-16-35)41(54)50-58-37-17-18-38(39(27-37)59(55,56)43(46,47)48)49-34(20-22-51(3)4)30-57-36-10-6-5-7-11-36;1-3-2/h5-7,10-11,13-18,27,34,40,49H,8-9,12,19-26,28-30H2,1-4H3,(H,50,54);3H,1H2,2H3. The summed E-state index contributed by atoms with van der Waals surface area (Å²) >= 11 is 2.26.